The number of fused-ring (bicyclic) bond motifs is 1. The van der Waals surface area contributed by atoms with E-state index >= 15 is 0 Å². The van der Waals surface area contributed by atoms with Crippen LogP contribution < -0.4 is 5.32 Å². The third-order valence-corrected chi connectivity index (χ3v) is 5.12. The zero-order valence-corrected chi connectivity index (χ0v) is 14.0. The summed E-state index contributed by atoms with van der Waals surface area (Å²) in [4.78, 5) is 11.7. The van der Waals surface area contributed by atoms with E-state index in [4.69, 9.17) is 4.74 Å². The van der Waals surface area contributed by atoms with Gasteiger partial charge in [-0.15, -0.1) is 0 Å². The van der Waals surface area contributed by atoms with Crippen LogP contribution in [0.2, 0.25) is 0 Å². The van der Waals surface area contributed by atoms with Crippen molar-refractivity contribution in [2.75, 3.05) is 5.32 Å². The number of ether oxygens (including phenoxy) is 1. The average Bonchev–Trinajstić information content (AvgIpc) is 2.65. The fourth-order valence-electron chi connectivity index (χ4n) is 1.52. The molecular formula is C13H13BrFNO2Se. The molecule has 0 spiro atoms. The van der Waals surface area contributed by atoms with Crippen molar-refractivity contribution in [3.05, 3.63) is 28.5 Å². The zero-order valence-electron chi connectivity index (χ0n) is 10.7. The van der Waals surface area contributed by atoms with Crippen molar-refractivity contribution < 1.29 is 13.9 Å². The van der Waals surface area contributed by atoms with Crippen LogP contribution >= 0.6 is 15.9 Å². The van der Waals surface area contributed by atoms with Crippen molar-refractivity contribution >= 4 is 50.7 Å². The summed E-state index contributed by atoms with van der Waals surface area (Å²) in [6, 6.07) is 4.87. The van der Waals surface area contributed by atoms with Crippen LogP contribution in [-0.2, 0) is 4.74 Å². The number of halogens is 2. The molecule has 2 aromatic rings. The van der Waals surface area contributed by atoms with E-state index in [2.05, 4.69) is 21.2 Å². The number of carbonyl (C=O) groups is 1. The van der Waals surface area contributed by atoms with E-state index in [1.165, 1.54) is 6.07 Å². The van der Waals surface area contributed by atoms with E-state index in [9.17, 15) is 9.18 Å². The molecule has 19 heavy (non-hydrogen) atoms. The van der Waals surface area contributed by atoms with Gasteiger partial charge < -0.3 is 0 Å². The van der Waals surface area contributed by atoms with Crippen LogP contribution in [0.4, 0.5) is 13.7 Å². The van der Waals surface area contributed by atoms with Gasteiger partial charge in [-0.05, 0) is 0 Å². The van der Waals surface area contributed by atoms with Crippen LogP contribution in [0.3, 0.4) is 0 Å². The maximum atomic E-state index is 13.7. The molecule has 2 rings (SSSR count). The quantitative estimate of drug-likeness (QED) is 0.740. The summed E-state index contributed by atoms with van der Waals surface area (Å²) in [5, 5.41) is 3.47. The van der Waals surface area contributed by atoms with E-state index in [1.54, 1.807) is 32.9 Å². The molecule has 0 atom stereocenters. The average molecular weight is 393 g/mol. The summed E-state index contributed by atoms with van der Waals surface area (Å²) in [7, 11) is 0. The van der Waals surface area contributed by atoms with Gasteiger partial charge in [-0.3, -0.25) is 0 Å². The summed E-state index contributed by atoms with van der Waals surface area (Å²) >= 11 is 3.13. The molecule has 1 amide bonds. The van der Waals surface area contributed by atoms with Crippen LogP contribution in [0.1, 0.15) is 20.8 Å². The topological polar surface area (TPSA) is 38.3 Å². The van der Waals surface area contributed by atoms with Crippen LogP contribution in [-0.4, -0.2) is 26.2 Å². The number of carbonyl (C=O) groups excluding carboxylic acids is 1. The van der Waals surface area contributed by atoms with Crippen LogP contribution in [0.25, 0.3) is 9.65 Å². The first-order valence-corrected chi connectivity index (χ1v) is 8.14. The van der Waals surface area contributed by atoms with Crippen molar-refractivity contribution in [2.24, 2.45) is 0 Å². The molecule has 0 saturated carbocycles. The molecule has 0 bridgehead atoms. The first-order valence-electron chi connectivity index (χ1n) is 5.64. The summed E-state index contributed by atoms with van der Waals surface area (Å²) in [6.45, 7) is 5.39. The first-order chi connectivity index (χ1) is 8.76. The Morgan fingerprint density at radius 1 is 1.42 bits per heavy atom. The number of amides is 1. The monoisotopic (exact) mass is 393 g/mol. The van der Waals surface area contributed by atoms with E-state index in [1.807, 2.05) is 0 Å². The fraction of sp³-hybridized carbons (Fsp3) is 0.308. The molecule has 0 radical (unpaired) electrons. The van der Waals surface area contributed by atoms with Gasteiger partial charge in [0, 0.05) is 0 Å². The van der Waals surface area contributed by atoms with Gasteiger partial charge in [0.05, 0.1) is 0 Å². The Labute approximate surface area is 125 Å². The minimum absolute atomic E-state index is 0.240. The molecule has 6 heteroatoms. The summed E-state index contributed by atoms with van der Waals surface area (Å²) in [5.74, 6) is -0.240. The molecule has 102 valence electrons. The molecule has 1 aromatic heterocycles. The van der Waals surface area contributed by atoms with E-state index in [0.717, 1.165) is 9.86 Å². The number of hydrogen-bond acceptors (Lipinski definition) is 2. The van der Waals surface area contributed by atoms with E-state index in [0.29, 0.717) is 8.82 Å². The Balaban J connectivity index is 2.25. The number of rotatable bonds is 1. The second-order valence-corrected chi connectivity index (χ2v) is 8.07. The number of anilines is 1. The predicted molar refractivity (Wildman–Crippen MR) is 78.4 cm³/mol. The Morgan fingerprint density at radius 2 is 2.11 bits per heavy atom. The Kier molecular flexibility index (Phi) is 4.04. The van der Waals surface area contributed by atoms with Gasteiger partial charge in [0.1, 0.15) is 0 Å². The van der Waals surface area contributed by atoms with Crippen LogP contribution in [0.15, 0.2) is 22.7 Å². The third kappa shape index (κ3) is 3.59. The van der Waals surface area contributed by atoms with Gasteiger partial charge in [0.2, 0.25) is 0 Å². The molecule has 1 heterocycles. The van der Waals surface area contributed by atoms with Crippen molar-refractivity contribution in [3.8, 4) is 0 Å². The maximum absolute atomic E-state index is 13.7. The standard InChI is InChI=1S/C13H13BrFNO2Se/c1-13(2,3)18-12(17)16-10-6-7-8(14)4-5-9(15)11(7)19-10/h4-6H,1-3H3,(H,16,17). The van der Waals surface area contributed by atoms with Crippen LogP contribution in [0, 0.1) is 5.82 Å². The van der Waals surface area contributed by atoms with E-state index < -0.39 is 11.7 Å². The number of nitrogens with one attached hydrogen (secondary N) is 1. The Morgan fingerprint density at radius 3 is 2.68 bits per heavy atom. The van der Waals surface area contributed by atoms with Gasteiger partial charge in [0.25, 0.3) is 0 Å². The Bertz CT molecular complexity index is 594. The van der Waals surface area contributed by atoms with Crippen LogP contribution in [0.5, 0.6) is 0 Å². The SMILES string of the molecule is CC(C)(C)OC(=O)Nc1cc2c(Br)ccc(F)c2[se]1. The zero-order chi connectivity index (χ0) is 14.2. The number of hydrogen-bond donors (Lipinski definition) is 1. The molecule has 0 aliphatic carbocycles. The third-order valence-electron chi connectivity index (χ3n) is 2.21. The fourth-order valence-corrected chi connectivity index (χ4v) is 4.31. The molecule has 0 aliphatic heterocycles. The number of benzene rings is 1. The van der Waals surface area contributed by atoms with Gasteiger partial charge >= 0.3 is 125 Å². The molecule has 0 aliphatic rings. The normalized spacial score (nSPS) is 11.6. The van der Waals surface area contributed by atoms with Crippen molar-refractivity contribution in [1.29, 1.82) is 0 Å². The molecular weight excluding hydrogens is 380 g/mol. The van der Waals surface area contributed by atoms with Crippen molar-refractivity contribution in [2.45, 2.75) is 26.4 Å². The summed E-state index contributed by atoms with van der Waals surface area (Å²) in [5.41, 5.74) is -0.547. The van der Waals surface area contributed by atoms with E-state index in [-0.39, 0.29) is 20.3 Å². The second-order valence-electron chi connectivity index (χ2n) is 5.01. The summed E-state index contributed by atoms with van der Waals surface area (Å²) in [6.07, 6.45) is -0.509. The molecule has 0 unspecified atom stereocenters. The van der Waals surface area contributed by atoms with Gasteiger partial charge in [-0.2, -0.15) is 0 Å². The van der Waals surface area contributed by atoms with Crippen molar-refractivity contribution in [3.63, 3.8) is 0 Å². The van der Waals surface area contributed by atoms with Crippen molar-refractivity contribution in [1.82, 2.24) is 0 Å². The van der Waals surface area contributed by atoms with Gasteiger partial charge in [-0.25, -0.2) is 0 Å². The Hall–Kier alpha value is -0.841. The minimum atomic E-state index is -0.547. The van der Waals surface area contributed by atoms with Gasteiger partial charge in [0.15, 0.2) is 0 Å². The predicted octanol–water partition coefficient (Wildman–Crippen LogP) is 4.15. The second kappa shape index (κ2) is 5.27. The molecule has 1 N–H and O–H groups in total. The molecule has 3 nitrogen and oxygen atoms in total. The molecule has 1 aromatic carbocycles. The van der Waals surface area contributed by atoms with Gasteiger partial charge in [-0.1, -0.05) is 0 Å². The molecule has 0 fully saturated rings. The first kappa shape index (κ1) is 14.6. The summed E-state index contributed by atoms with van der Waals surface area (Å²) < 4.78 is 21.0. The molecule has 0 saturated heterocycles.